The number of aldehydes is 1. The van der Waals surface area contributed by atoms with Gasteiger partial charge in [-0.25, -0.2) is 14.5 Å². The van der Waals surface area contributed by atoms with Crippen LogP contribution >= 0.6 is 0 Å². The van der Waals surface area contributed by atoms with Crippen molar-refractivity contribution in [1.82, 2.24) is 15.1 Å². The third-order valence-electron chi connectivity index (χ3n) is 3.21. The monoisotopic (exact) mass is 289 g/mol. The number of carbonyl (C=O) groups excluding carboxylic acids is 4. The molecule has 0 aliphatic carbocycles. The molecule has 1 N–H and O–H groups in total. The second kappa shape index (κ2) is 6.17. The first kappa shape index (κ1) is 14.7. The Labute approximate surface area is 121 Å². The predicted octanol–water partition coefficient (Wildman–Crippen LogP) is 0.920. The lowest BCUT2D eigenvalue weighted by atomic mass is 10.1. The Bertz CT molecular complexity index is 573. The molecule has 1 saturated heterocycles. The van der Waals surface area contributed by atoms with Crippen LogP contribution < -0.4 is 5.32 Å². The minimum atomic E-state index is -0.835. The quantitative estimate of drug-likeness (QED) is 0.838. The van der Waals surface area contributed by atoms with Gasteiger partial charge in [0.2, 0.25) is 5.91 Å². The first-order valence-electron chi connectivity index (χ1n) is 6.45. The Morgan fingerprint density at radius 1 is 1.19 bits per heavy atom. The summed E-state index contributed by atoms with van der Waals surface area (Å²) in [6.45, 7) is 1.54. The van der Waals surface area contributed by atoms with E-state index in [9.17, 15) is 19.2 Å². The van der Waals surface area contributed by atoms with Crippen molar-refractivity contribution >= 4 is 24.3 Å². The fraction of sp³-hybridized carbons (Fsp3) is 0.286. The molecule has 1 aromatic rings. The summed E-state index contributed by atoms with van der Waals surface area (Å²) in [4.78, 5) is 48.2. The lowest BCUT2D eigenvalue weighted by Gasteiger charge is -2.19. The Balaban J connectivity index is 2.06. The van der Waals surface area contributed by atoms with Gasteiger partial charge in [-0.1, -0.05) is 30.3 Å². The molecule has 7 nitrogen and oxygen atoms in total. The van der Waals surface area contributed by atoms with E-state index < -0.39 is 24.0 Å². The zero-order chi connectivity index (χ0) is 15.4. The lowest BCUT2D eigenvalue weighted by molar-refractivity contribution is -0.125. The second-order valence-electron chi connectivity index (χ2n) is 4.58. The summed E-state index contributed by atoms with van der Waals surface area (Å²) in [5.74, 6) is -0.412. The minimum absolute atomic E-state index is 0.116. The number of carbonyl (C=O) groups is 4. The summed E-state index contributed by atoms with van der Waals surface area (Å²) in [6, 6.07) is 6.50. The maximum Gasteiger partial charge on any atom is 0.334 e. The molecule has 1 aliphatic heterocycles. The molecule has 2 rings (SSSR count). The van der Waals surface area contributed by atoms with Crippen LogP contribution in [0.1, 0.15) is 18.5 Å². The van der Waals surface area contributed by atoms with E-state index in [1.807, 2.05) is 0 Å². The van der Waals surface area contributed by atoms with Gasteiger partial charge in [0.15, 0.2) is 0 Å². The van der Waals surface area contributed by atoms with E-state index in [0.717, 1.165) is 9.80 Å². The van der Waals surface area contributed by atoms with Crippen molar-refractivity contribution in [1.29, 1.82) is 0 Å². The van der Waals surface area contributed by atoms with Crippen molar-refractivity contribution in [2.75, 3.05) is 13.1 Å². The van der Waals surface area contributed by atoms with Crippen LogP contribution in [0.15, 0.2) is 30.3 Å². The van der Waals surface area contributed by atoms with Gasteiger partial charge in [0.1, 0.15) is 12.3 Å². The van der Waals surface area contributed by atoms with Crippen molar-refractivity contribution in [3.8, 4) is 0 Å². The third-order valence-corrected chi connectivity index (χ3v) is 3.21. The standard InChI is InChI=1S/C14H15N3O4/c1-10(19)16-7-8-17(14(16)21)13(20)15-12(9-18)11-5-3-2-4-6-11/h2-6,9,12H,7-8H2,1H3,(H,15,20). The van der Waals surface area contributed by atoms with Crippen LogP contribution in [0.2, 0.25) is 0 Å². The van der Waals surface area contributed by atoms with Gasteiger partial charge in [-0.05, 0) is 5.56 Å². The van der Waals surface area contributed by atoms with Gasteiger partial charge in [-0.2, -0.15) is 0 Å². The van der Waals surface area contributed by atoms with Crippen LogP contribution in [0.4, 0.5) is 9.59 Å². The average Bonchev–Trinajstić information content (AvgIpc) is 2.87. The fourth-order valence-electron chi connectivity index (χ4n) is 2.08. The van der Waals surface area contributed by atoms with Gasteiger partial charge in [-0.3, -0.25) is 9.69 Å². The van der Waals surface area contributed by atoms with Crippen LogP contribution in [0.3, 0.4) is 0 Å². The molecular weight excluding hydrogens is 274 g/mol. The molecular formula is C14H15N3O4. The molecule has 1 heterocycles. The number of benzene rings is 1. The van der Waals surface area contributed by atoms with Gasteiger partial charge in [-0.15, -0.1) is 0 Å². The molecule has 0 aromatic heterocycles. The molecule has 110 valence electrons. The first-order chi connectivity index (χ1) is 10.0. The van der Waals surface area contributed by atoms with E-state index >= 15 is 0 Å². The number of hydrogen-bond donors (Lipinski definition) is 1. The minimum Gasteiger partial charge on any atom is -0.324 e. The molecule has 1 aliphatic rings. The van der Waals surface area contributed by atoms with E-state index in [0.29, 0.717) is 11.8 Å². The van der Waals surface area contributed by atoms with Crippen LogP contribution in [0, 0.1) is 0 Å². The normalized spacial score (nSPS) is 15.8. The highest BCUT2D eigenvalue weighted by molar-refractivity contribution is 6.03. The van der Waals surface area contributed by atoms with Crippen molar-refractivity contribution in [2.45, 2.75) is 13.0 Å². The second-order valence-corrected chi connectivity index (χ2v) is 4.58. The van der Waals surface area contributed by atoms with Crippen molar-refractivity contribution < 1.29 is 19.2 Å². The summed E-state index contributed by atoms with van der Waals surface area (Å²) in [5.41, 5.74) is 0.621. The van der Waals surface area contributed by atoms with Gasteiger partial charge < -0.3 is 10.1 Å². The molecule has 0 saturated carbocycles. The average molecular weight is 289 g/mol. The molecule has 7 heteroatoms. The molecule has 0 spiro atoms. The van der Waals surface area contributed by atoms with E-state index in [2.05, 4.69) is 5.32 Å². The third kappa shape index (κ3) is 3.07. The van der Waals surface area contributed by atoms with Crippen molar-refractivity contribution in [3.05, 3.63) is 35.9 Å². The van der Waals surface area contributed by atoms with E-state index in [1.54, 1.807) is 30.3 Å². The van der Waals surface area contributed by atoms with Gasteiger partial charge in [0, 0.05) is 13.5 Å². The molecule has 0 bridgehead atoms. The zero-order valence-electron chi connectivity index (χ0n) is 11.5. The Morgan fingerprint density at radius 3 is 2.33 bits per heavy atom. The zero-order valence-corrected chi connectivity index (χ0v) is 11.5. The molecule has 1 fully saturated rings. The maximum atomic E-state index is 12.1. The highest BCUT2D eigenvalue weighted by Gasteiger charge is 2.36. The molecule has 1 aromatic carbocycles. The fourth-order valence-corrected chi connectivity index (χ4v) is 2.08. The number of imide groups is 2. The molecule has 21 heavy (non-hydrogen) atoms. The summed E-state index contributed by atoms with van der Waals surface area (Å²) < 4.78 is 0. The molecule has 5 amide bonds. The number of amides is 5. The summed E-state index contributed by atoms with van der Waals surface area (Å²) >= 11 is 0. The maximum absolute atomic E-state index is 12.1. The van der Waals surface area contributed by atoms with Gasteiger partial charge in [0.05, 0.1) is 6.54 Å². The largest absolute Gasteiger partial charge is 0.334 e. The van der Waals surface area contributed by atoms with E-state index in [-0.39, 0.29) is 13.1 Å². The number of nitrogens with zero attached hydrogens (tertiary/aromatic N) is 2. The first-order valence-corrected chi connectivity index (χ1v) is 6.45. The van der Waals surface area contributed by atoms with Crippen LogP contribution in [-0.4, -0.2) is 47.1 Å². The van der Waals surface area contributed by atoms with Crippen LogP contribution in [-0.2, 0) is 9.59 Å². The molecule has 1 atom stereocenters. The summed E-state index contributed by atoms with van der Waals surface area (Å²) in [5, 5.41) is 2.47. The Kier molecular flexibility index (Phi) is 4.32. The Morgan fingerprint density at radius 2 is 1.81 bits per heavy atom. The predicted molar refractivity (Wildman–Crippen MR) is 73.3 cm³/mol. The SMILES string of the molecule is CC(=O)N1CCN(C(=O)NC(C=O)c2ccccc2)C1=O. The lowest BCUT2D eigenvalue weighted by Crippen LogP contribution is -2.45. The number of hydrogen-bond acceptors (Lipinski definition) is 4. The highest BCUT2D eigenvalue weighted by atomic mass is 16.2. The Hall–Kier alpha value is -2.70. The highest BCUT2D eigenvalue weighted by Crippen LogP contribution is 2.13. The van der Waals surface area contributed by atoms with Crippen LogP contribution in [0.5, 0.6) is 0 Å². The number of rotatable bonds is 3. The van der Waals surface area contributed by atoms with Gasteiger partial charge >= 0.3 is 12.1 Å². The topological polar surface area (TPSA) is 86.8 Å². The molecule has 1 unspecified atom stereocenters. The number of nitrogens with one attached hydrogen (secondary N) is 1. The number of urea groups is 2. The summed E-state index contributed by atoms with van der Waals surface area (Å²) in [6.07, 6.45) is 0.594. The summed E-state index contributed by atoms with van der Waals surface area (Å²) in [7, 11) is 0. The van der Waals surface area contributed by atoms with E-state index in [4.69, 9.17) is 0 Å². The smallest absolute Gasteiger partial charge is 0.324 e. The van der Waals surface area contributed by atoms with Crippen LogP contribution in [0.25, 0.3) is 0 Å². The van der Waals surface area contributed by atoms with Crippen molar-refractivity contribution in [3.63, 3.8) is 0 Å². The molecule has 0 radical (unpaired) electrons. The van der Waals surface area contributed by atoms with Crippen molar-refractivity contribution in [2.24, 2.45) is 0 Å². The van der Waals surface area contributed by atoms with Gasteiger partial charge in [0.25, 0.3) is 0 Å². The van der Waals surface area contributed by atoms with E-state index in [1.165, 1.54) is 6.92 Å².